The molecule has 1 aromatic heterocycles. The maximum atomic E-state index is 11.2. The Balaban J connectivity index is 2.22. The summed E-state index contributed by atoms with van der Waals surface area (Å²) in [5.41, 5.74) is 2.42. The number of hydrogen-bond donors (Lipinski definition) is 1. The molecule has 0 radical (unpaired) electrons. The second-order valence-electron chi connectivity index (χ2n) is 3.98. The number of carbonyl (C=O) groups excluding carboxylic acids is 1. The molecule has 1 N–H and O–H groups in total. The highest BCUT2D eigenvalue weighted by atomic mass is 16.5. The number of ether oxygens (including phenoxy) is 1. The fourth-order valence-corrected chi connectivity index (χ4v) is 1.61. The van der Waals surface area contributed by atoms with Crippen molar-refractivity contribution < 1.29 is 14.6 Å². The van der Waals surface area contributed by atoms with E-state index >= 15 is 0 Å². The first kappa shape index (κ1) is 12.3. The number of aliphatic hydroxyl groups excluding tert-OH is 1. The van der Waals surface area contributed by atoms with E-state index in [9.17, 15) is 9.90 Å². The fraction of sp³-hybridized carbons (Fsp3) is 0.231. The molecule has 0 aliphatic carbocycles. The van der Waals surface area contributed by atoms with Gasteiger partial charge in [-0.2, -0.15) is 5.10 Å². The number of nitrogens with zero attached hydrogens (tertiary/aromatic N) is 2. The minimum atomic E-state index is -1.25. The Labute approximate surface area is 105 Å². The second kappa shape index (κ2) is 5.01. The lowest BCUT2D eigenvalue weighted by Gasteiger charge is -2.09. The molecular weight excluding hydrogens is 232 g/mol. The predicted molar refractivity (Wildman–Crippen MR) is 65.3 cm³/mol. The average molecular weight is 246 g/mol. The van der Waals surface area contributed by atoms with Gasteiger partial charge < -0.3 is 9.84 Å². The summed E-state index contributed by atoms with van der Waals surface area (Å²) < 4.78 is 6.20. The van der Waals surface area contributed by atoms with E-state index in [1.165, 1.54) is 7.11 Å². The summed E-state index contributed by atoms with van der Waals surface area (Å²) in [6.07, 6.45) is 2.41. The summed E-state index contributed by atoms with van der Waals surface area (Å²) in [6.45, 7) is 1.96. The van der Waals surface area contributed by atoms with Crippen molar-refractivity contribution in [1.29, 1.82) is 0 Å². The minimum Gasteiger partial charge on any atom is -0.467 e. The number of benzene rings is 1. The van der Waals surface area contributed by atoms with Crippen LogP contribution in [0.25, 0.3) is 5.69 Å². The van der Waals surface area contributed by atoms with Crippen molar-refractivity contribution in [1.82, 2.24) is 9.78 Å². The molecule has 1 heterocycles. The molecule has 2 aromatic rings. The van der Waals surface area contributed by atoms with Gasteiger partial charge in [0.15, 0.2) is 6.10 Å². The van der Waals surface area contributed by atoms with Gasteiger partial charge in [0.25, 0.3) is 0 Å². The quantitative estimate of drug-likeness (QED) is 0.831. The van der Waals surface area contributed by atoms with E-state index in [0.29, 0.717) is 5.56 Å². The molecule has 0 fully saturated rings. The standard InChI is InChI=1S/C13H14N2O3/c1-9-7-14-15(8-9)11-5-3-10(4-6-11)12(16)13(17)18-2/h3-8,12,16H,1-2H3. The van der Waals surface area contributed by atoms with Gasteiger partial charge in [-0.1, -0.05) is 12.1 Å². The SMILES string of the molecule is COC(=O)C(O)c1ccc(-n2cc(C)cn2)cc1. The van der Waals surface area contributed by atoms with Gasteiger partial charge in [-0.3, -0.25) is 0 Å². The third kappa shape index (κ3) is 2.41. The van der Waals surface area contributed by atoms with E-state index in [1.807, 2.05) is 13.1 Å². The van der Waals surface area contributed by atoms with E-state index < -0.39 is 12.1 Å². The van der Waals surface area contributed by atoms with Crippen LogP contribution < -0.4 is 0 Å². The Bertz CT molecular complexity index is 546. The lowest BCUT2D eigenvalue weighted by molar-refractivity contribution is -0.150. The molecule has 0 saturated heterocycles. The summed E-state index contributed by atoms with van der Waals surface area (Å²) in [7, 11) is 1.24. The van der Waals surface area contributed by atoms with Gasteiger partial charge in [0.2, 0.25) is 0 Å². The molecule has 1 aromatic carbocycles. The van der Waals surface area contributed by atoms with Crippen molar-refractivity contribution in [2.45, 2.75) is 13.0 Å². The molecule has 0 amide bonds. The molecule has 1 unspecified atom stereocenters. The molecule has 0 bridgehead atoms. The fourth-order valence-electron chi connectivity index (χ4n) is 1.61. The summed E-state index contributed by atoms with van der Waals surface area (Å²) in [5, 5.41) is 13.8. The van der Waals surface area contributed by atoms with Crippen LogP contribution in [0.5, 0.6) is 0 Å². The first-order chi connectivity index (χ1) is 8.61. The van der Waals surface area contributed by atoms with E-state index in [1.54, 1.807) is 35.1 Å². The maximum Gasteiger partial charge on any atom is 0.339 e. The van der Waals surface area contributed by atoms with E-state index in [0.717, 1.165) is 11.3 Å². The topological polar surface area (TPSA) is 64.3 Å². The lowest BCUT2D eigenvalue weighted by Crippen LogP contribution is -2.13. The molecule has 0 spiro atoms. The van der Waals surface area contributed by atoms with Crippen LogP contribution in [0.15, 0.2) is 36.7 Å². The van der Waals surface area contributed by atoms with Crippen LogP contribution in [-0.2, 0) is 9.53 Å². The Morgan fingerprint density at radius 1 is 1.39 bits per heavy atom. The summed E-state index contributed by atoms with van der Waals surface area (Å²) in [6, 6.07) is 6.92. The van der Waals surface area contributed by atoms with E-state index in [4.69, 9.17) is 0 Å². The van der Waals surface area contributed by atoms with Crippen LogP contribution in [0.2, 0.25) is 0 Å². The number of aryl methyl sites for hydroxylation is 1. The summed E-state index contributed by atoms with van der Waals surface area (Å²) in [5.74, 6) is -0.669. The lowest BCUT2D eigenvalue weighted by atomic mass is 10.1. The number of methoxy groups -OCH3 is 1. The monoisotopic (exact) mass is 246 g/mol. The van der Waals surface area contributed by atoms with Gasteiger partial charge in [-0.15, -0.1) is 0 Å². The van der Waals surface area contributed by atoms with Gasteiger partial charge in [0, 0.05) is 6.20 Å². The molecular formula is C13H14N2O3. The molecule has 0 aliphatic rings. The van der Waals surface area contributed by atoms with Gasteiger partial charge in [-0.05, 0) is 30.2 Å². The third-order valence-corrected chi connectivity index (χ3v) is 2.61. The number of esters is 1. The number of aromatic nitrogens is 2. The Hall–Kier alpha value is -2.14. The Morgan fingerprint density at radius 2 is 2.06 bits per heavy atom. The van der Waals surface area contributed by atoms with Crippen LogP contribution in [0, 0.1) is 6.92 Å². The van der Waals surface area contributed by atoms with Crippen LogP contribution in [-0.4, -0.2) is 28.0 Å². The van der Waals surface area contributed by atoms with Crippen LogP contribution in [0.4, 0.5) is 0 Å². The zero-order chi connectivity index (χ0) is 13.1. The number of rotatable bonds is 3. The maximum absolute atomic E-state index is 11.2. The normalized spacial score (nSPS) is 12.2. The minimum absolute atomic E-state index is 0.495. The first-order valence-electron chi connectivity index (χ1n) is 5.49. The second-order valence-corrected chi connectivity index (χ2v) is 3.98. The van der Waals surface area contributed by atoms with Crippen molar-refractivity contribution in [3.05, 3.63) is 47.8 Å². The Morgan fingerprint density at radius 3 is 2.56 bits per heavy atom. The molecule has 1 atom stereocenters. The smallest absolute Gasteiger partial charge is 0.339 e. The van der Waals surface area contributed by atoms with Crippen LogP contribution in [0.1, 0.15) is 17.2 Å². The van der Waals surface area contributed by atoms with Crippen LogP contribution in [0.3, 0.4) is 0 Å². The number of hydrogen-bond acceptors (Lipinski definition) is 4. The largest absolute Gasteiger partial charge is 0.467 e. The van der Waals surface area contributed by atoms with Crippen LogP contribution >= 0.6 is 0 Å². The van der Waals surface area contributed by atoms with Gasteiger partial charge >= 0.3 is 5.97 Å². The molecule has 18 heavy (non-hydrogen) atoms. The molecule has 94 valence electrons. The first-order valence-corrected chi connectivity index (χ1v) is 5.49. The molecule has 0 aliphatic heterocycles. The van der Waals surface area contributed by atoms with Gasteiger partial charge in [-0.25, -0.2) is 9.48 Å². The highest BCUT2D eigenvalue weighted by Crippen LogP contribution is 2.17. The number of carbonyl (C=O) groups is 1. The molecule has 0 saturated carbocycles. The van der Waals surface area contributed by atoms with Crippen molar-refractivity contribution in [3.63, 3.8) is 0 Å². The van der Waals surface area contributed by atoms with E-state index in [-0.39, 0.29) is 0 Å². The molecule has 5 nitrogen and oxygen atoms in total. The highest BCUT2D eigenvalue weighted by molar-refractivity contribution is 5.76. The zero-order valence-corrected chi connectivity index (χ0v) is 10.2. The van der Waals surface area contributed by atoms with Crippen molar-refractivity contribution >= 4 is 5.97 Å². The summed E-state index contributed by atoms with van der Waals surface area (Å²) >= 11 is 0. The van der Waals surface area contributed by atoms with Gasteiger partial charge in [0.1, 0.15) is 0 Å². The van der Waals surface area contributed by atoms with Crippen molar-refractivity contribution in [2.75, 3.05) is 7.11 Å². The highest BCUT2D eigenvalue weighted by Gasteiger charge is 2.17. The Kier molecular flexibility index (Phi) is 3.43. The predicted octanol–water partition coefficient (Wildman–Crippen LogP) is 1.39. The van der Waals surface area contributed by atoms with E-state index in [2.05, 4.69) is 9.84 Å². The number of aliphatic hydroxyl groups is 1. The molecule has 5 heteroatoms. The third-order valence-electron chi connectivity index (χ3n) is 2.61. The van der Waals surface area contributed by atoms with Crippen molar-refractivity contribution in [2.24, 2.45) is 0 Å². The van der Waals surface area contributed by atoms with Crippen molar-refractivity contribution in [3.8, 4) is 5.69 Å². The molecule has 2 rings (SSSR count). The summed E-state index contributed by atoms with van der Waals surface area (Å²) in [4.78, 5) is 11.2. The van der Waals surface area contributed by atoms with Gasteiger partial charge in [0.05, 0.1) is 19.0 Å². The zero-order valence-electron chi connectivity index (χ0n) is 10.2. The average Bonchev–Trinajstić information content (AvgIpc) is 2.84.